The summed E-state index contributed by atoms with van der Waals surface area (Å²) in [5.41, 5.74) is 8.04. The van der Waals surface area contributed by atoms with Crippen molar-refractivity contribution < 1.29 is 9.21 Å². The summed E-state index contributed by atoms with van der Waals surface area (Å²) in [6.45, 7) is 1.83. The number of hydrogen-bond acceptors (Lipinski definition) is 4. The number of aromatic nitrogens is 2. The van der Waals surface area contributed by atoms with Crippen molar-refractivity contribution in [2.75, 3.05) is 5.73 Å². The maximum atomic E-state index is 12.7. The summed E-state index contributed by atoms with van der Waals surface area (Å²) in [6, 6.07) is 7.17. The Bertz CT molecular complexity index is 832. The Kier molecular flexibility index (Phi) is 2.90. The van der Waals surface area contributed by atoms with Gasteiger partial charge in [0.1, 0.15) is 0 Å². The highest BCUT2D eigenvalue weighted by Gasteiger charge is 2.25. The zero-order valence-electron chi connectivity index (χ0n) is 11.0. The monoisotopic (exact) mass is 333 g/mol. The minimum Gasteiger partial charge on any atom is -0.422 e. The Morgan fingerprint density at radius 3 is 2.90 bits per heavy atom. The van der Waals surface area contributed by atoms with E-state index >= 15 is 0 Å². The maximum absolute atomic E-state index is 12.7. The van der Waals surface area contributed by atoms with Gasteiger partial charge in [0.15, 0.2) is 5.78 Å². The third-order valence-corrected chi connectivity index (χ3v) is 3.68. The number of aryl methyl sites for hydroxylation is 2. The summed E-state index contributed by atoms with van der Waals surface area (Å²) in [4.78, 5) is 12.7. The number of nitrogens with zero attached hydrogens (tertiary/aromatic N) is 2. The number of nitrogens with two attached hydrogens (primary N) is 1. The van der Waals surface area contributed by atoms with Crippen LogP contribution in [-0.2, 0) is 7.05 Å². The first-order chi connectivity index (χ1) is 9.49. The van der Waals surface area contributed by atoms with Gasteiger partial charge in [-0.15, -0.1) is 0 Å². The summed E-state index contributed by atoms with van der Waals surface area (Å²) < 4.78 is 7.89. The number of carbonyl (C=O) groups excluding carboxylic acids is 1. The molecule has 0 fully saturated rings. The highest BCUT2D eigenvalue weighted by molar-refractivity contribution is 9.10. The molecule has 1 aromatic carbocycles. The van der Waals surface area contributed by atoms with Crippen molar-refractivity contribution in [1.29, 1.82) is 0 Å². The van der Waals surface area contributed by atoms with E-state index in [1.807, 2.05) is 13.0 Å². The Morgan fingerprint density at radius 2 is 2.20 bits per heavy atom. The summed E-state index contributed by atoms with van der Waals surface area (Å²) in [5.74, 6) is -0.0419. The van der Waals surface area contributed by atoms with Crippen LogP contribution in [0.3, 0.4) is 0 Å². The van der Waals surface area contributed by atoms with Crippen molar-refractivity contribution in [2.45, 2.75) is 6.92 Å². The lowest BCUT2D eigenvalue weighted by molar-refractivity contribution is 0.104. The Balaban J connectivity index is 2.24. The Labute approximate surface area is 123 Å². The van der Waals surface area contributed by atoms with E-state index in [1.54, 1.807) is 29.9 Å². The van der Waals surface area contributed by atoms with E-state index in [2.05, 4.69) is 21.0 Å². The number of furan rings is 1. The van der Waals surface area contributed by atoms with Gasteiger partial charge in [0, 0.05) is 17.1 Å². The zero-order chi connectivity index (χ0) is 14.4. The van der Waals surface area contributed by atoms with E-state index < -0.39 is 0 Å². The lowest BCUT2D eigenvalue weighted by Crippen LogP contribution is -2.04. The largest absolute Gasteiger partial charge is 0.422 e. The molecule has 0 saturated heterocycles. The number of carbonyl (C=O) groups is 1. The number of fused-ring (bicyclic) bond motifs is 1. The number of nitrogen functional groups attached to an aromatic ring is 1. The van der Waals surface area contributed by atoms with E-state index in [4.69, 9.17) is 10.2 Å². The molecule has 3 rings (SSSR count). The van der Waals surface area contributed by atoms with Crippen LogP contribution in [0.5, 0.6) is 0 Å². The normalized spacial score (nSPS) is 11.2. The van der Waals surface area contributed by atoms with Crippen LogP contribution >= 0.6 is 15.9 Å². The van der Waals surface area contributed by atoms with Crippen molar-refractivity contribution in [2.24, 2.45) is 7.05 Å². The summed E-state index contributed by atoms with van der Waals surface area (Å²) in [6.07, 6.45) is 0. The predicted octanol–water partition coefficient (Wildman–Crippen LogP) is 3.05. The minimum atomic E-state index is -0.168. The Hall–Kier alpha value is -2.08. The molecule has 20 heavy (non-hydrogen) atoms. The van der Waals surface area contributed by atoms with Gasteiger partial charge in [0.2, 0.25) is 11.6 Å². The van der Waals surface area contributed by atoms with Gasteiger partial charge in [-0.1, -0.05) is 28.1 Å². The average molecular weight is 334 g/mol. The smallest absolute Gasteiger partial charge is 0.228 e. The zero-order valence-corrected chi connectivity index (χ0v) is 12.6. The lowest BCUT2D eigenvalue weighted by atomic mass is 10.0. The number of halogens is 1. The third-order valence-electron chi connectivity index (χ3n) is 3.19. The van der Waals surface area contributed by atoms with E-state index in [-0.39, 0.29) is 11.7 Å². The van der Waals surface area contributed by atoms with Crippen molar-refractivity contribution in [3.63, 3.8) is 0 Å². The molecule has 0 radical (unpaired) electrons. The van der Waals surface area contributed by atoms with Crippen LogP contribution in [0.25, 0.3) is 11.1 Å². The van der Waals surface area contributed by atoms with E-state index in [0.29, 0.717) is 22.2 Å². The molecule has 5 nitrogen and oxygen atoms in total. The summed E-state index contributed by atoms with van der Waals surface area (Å²) >= 11 is 3.36. The molecule has 102 valence electrons. The molecule has 2 N–H and O–H groups in total. The second-order valence-corrected chi connectivity index (χ2v) is 5.49. The molecule has 0 amide bonds. The molecule has 2 aromatic heterocycles. The number of benzene rings is 1. The molecule has 0 aliphatic heterocycles. The topological polar surface area (TPSA) is 74.1 Å². The number of anilines is 1. The highest BCUT2D eigenvalue weighted by atomic mass is 79.9. The molecule has 0 spiro atoms. The quantitative estimate of drug-likeness (QED) is 0.731. The van der Waals surface area contributed by atoms with E-state index in [9.17, 15) is 4.79 Å². The van der Waals surface area contributed by atoms with Gasteiger partial charge in [0.25, 0.3) is 0 Å². The molecule has 2 heterocycles. The van der Waals surface area contributed by atoms with Gasteiger partial charge >= 0.3 is 0 Å². The van der Waals surface area contributed by atoms with Crippen LogP contribution < -0.4 is 5.73 Å². The molecule has 3 aromatic rings. The first-order valence-electron chi connectivity index (χ1n) is 6.01. The first-order valence-corrected chi connectivity index (χ1v) is 6.80. The fraction of sp³-hybridized carbons (Fsp3) is 0.143. The highest BCUT2D eigenvalue weighted by Crippen LogP contribution is 2.32. The van der Waals surface area contributed by atoms with Gasteiger partial charge in [0.05, 0.1) is 16.6 Å². The molecule has 0 aliphatic rings. The molecule has 0 atom stereocenters. The maximum Gasteiger partial charge on any atom is 0.228 e. The van der Waals surface area contributed by atoms with E-state index in [0.717, 1.165) is 10.2 Å². The first kappa shape index (κ1) is 12.9. The van der Waals surface area contributed by atoms with Crippen molar-refractivity contribution in [3.05, 3.63) is 45.6 Å². The summed E-state index contributed by atoms with van der Waals surface area (Å²) in [7, 11) is 1.76. The number of ketones is 1. The molecule has 0 aliphatic carbocycles. The van der Waals surface area contributed by atoms with Crippen LogP contribution in [0, 0.1) is 6.92 Å². The van der Waals surface area contributed by atoms with Crippen molar-refractivity contribution in [3.8, 4) is 0 Å². The van der Waals surface area contributed by atoms with Gasteiger partial charge in [-0.25, -0.2) is 4.68 Å². The van der Waals surface area contributed by atoms with Gasteiger partial charge in [-0.2, -0.15) is 5.10 Å². The van der Waals surface area contributed by atoms with Gasteiger partial charge in [-0.3, -0.25) is 4.79 Å². The Morgan fingerprint density at radius 1 is 1.45 bits per heavy atom. The lowest BCUT2D eigenvalue weighted by Gasteiger charge is -2.01. The van der Waals surface area contributed by atoms with Crippen molar-refractivity contribution in [1.82, 2.24) is 9.78 Å². The molecular weight excluding hydrogens is 322 g/mol. The van der Waals surface area contributed by atoms with Crippen LogP contribution in [0.1, 0.15) is 21.6 Å². The fourth-order valence-corrected chi connectivity index (χ4v) is 2.72. The number of rotatable bonds is 2. The van der Waals surface area contributed by atoms with Gasteiger partial charge in [-0.05, 0) is 19.1 Å². The number of hydrogen-bond donors (Lipinski definition) is 1. The van der Waals surface area contributed by atoms with Crippen LogP contribution in [0.4, 0.5) is 5.88 Å². The van der Waals surface area contributed by atoms with Crippen LogP contribution in [-0.4, -0.2) is 15.6 Å². The van der Waals surface area contributed by atoms with Crippen molar-refractivity contribution >= 4 is 38.7 Å². The summed E-state index contributed by atoms with van der Waals surface area (Å²) in [5, 5.41) is 4.93. The fourth-order valence-electron chi connectivity index (χ4n) is 2.32. The standard InChI is InChI=1S/C14H12BrN3O2/c1-7-10-11(13(16)20-14(10)18(2)17-7)12(19)8-4-3-5-9(15)6-8/h3-6H,16H2,1-2H3. The molecule has 0 bridgehead atoms. The third kappa shape index (κ3) is 1.84. The second kappa shape index (κ2) is 4.49. The molecular formula is C14H12BrN3O2. The van der Waals surface area contributed by atoms with Crippen LogP contribution in [0.15, 0.2) is 33.2 Å². The molecule has 0 saturated carbocycles. The molecule has 0 unspecified atom stereocenters. The minimum absolute atomic E-state index is 0.126. The van der Waals surface area contributed by atoms with E-state index in [1.165, 1.54) is 0 Å². The second-order valence-electron chi connectivity index (χ2n) is 4.57. The SMILES string of the molecule is Cc1nn(C)c2oc(N)c(C(=O)c3cccc(Br)c3)c12. The average Bonchev–Trinajstić information content (AvgIpc) is 2.87. The predicted molar refractivity (Wildman–Crippen MR) is 79.7 cm³/mol. The molecule has 6 heteroatoms. The van der Waals surface area contributed by atoms with Crippen LogP contribution in [0.2, 0.25) is 0 Å². The van der Waals surface area contributed by atoms with Gasteiger partial charge < -0.3 is 10.2 Å².